The van der Waals surface area contributed by atoms with Gasteiger partial charge in [0.05, 0.1) is 5.56 Å². The minimum absolute atomic E-state index is 0.197. The third-order valence-electron chi connectivity index (χ3n) is 6.81. The third kappa shape index (κ3) is 12.7. The lowest BCUT2D eigenvalue weighted by Crippen LogP contribution is -2.56. The highest BCUT2D eigenvalue weighted by atomic mass is 79.9. The molecule has 0 bridgehead atoms. The molecule has 1 fully saturated rings. The summed E-state index contributed by atoms with van der Waals surface area (Å²) in [5.41, 5.74) is 11.6. The summed E-state index contributed by atoms with van der Waals surface area (Å²) in [5.74, 6) is -1.63. The Labute approximate surface area is 252 Å². The summed E-state index contributed by atoms with van der Waals surface area (Å²) in [6, 6.07) is -1.08. The molecule has 0 spiro atoms. The Bertz CT molecular complexity index is 1070. The number of amides is 4. The van der Waals surface area contributed by atoms with Gasteiger partial charge >= 0.3 is 0 Å². The van der Waals surface area contributed by atoms with Gasteiger partial charge in [-0.3, -0.25) is 24.2 Å². The molecule has 4 amide bonds. The number of pyridine rings is 1. The van der Waals surface area contributed by atoms with E-state index in [9.17, 15) is 19.2 Å². The van der Waals surface area contributed by atoms with Crippen LogP contribution in [-0.2, 0) is 14.4 Å². The minimum Gasteiger partial charge on any atom is -0.454 e. The van der Waals surface area contributed by atoms with E-state index in [-0.39, 0.29) is 18.3 Å². The van der Waals surface area contributed by atoms with Crippen molar-refractivity contribution < 1.29 is 19.2 Å². The molecule has 0 radical (unpaired) electrons. The molecule has 2 rings (SSSR count). The number of carbonyl (C=O) groups excluding carboxylic acids is 4. The smallest absolute Gasteiger partial charge is 0.253 e. The van der Waals surface area contributed by atoms with Gasteiger partial charge in [-0.1, -0.05) is 47.1 Å². The summed E-state index contributed by atoms with van der Waals surface area (Å²) in [4.78, 5) is 55.7. The van der Waals surface area contributed by atoms with Gasteiger partial charge in [0.1, 0.15) is 18.1 Å². The van der Waals surface area contributed by atoms with Crippen LogP contribution >= 0.6 is 24.0 Å². The van der Waals surface area contributed by atoms with Gasteiger partial charge in [0, 0.05) is 22.8 Å². The topological polar surface area (TPSA) is 196 Å². The normalized spacial score (nSPS) is 16.4. The number of halogens is 1. The van der Waals surface area contributed by atoms with Gasteiger partial charge < -0.3 is 37.5 Å². The molecule has 12 nitrogen and oxygen atoms in total. The Kier molecular flexibility index (Phi) is 15.0. The van der Waals surface area contributed by atoms with Crippen LogP contribution in [0.15, 0.2) is 27.7 Å². The van der Waals surface area contributed by atoms with Crippen LogP contribution in [0.1, 0.15) is 75.1 Å². The maximum atomic E-state index is 13.6. The summed E-state index contributed by atoms with van der Waals surface area (Å²) in [5, 5.41) is 12.5. The first-order valence-corrected chi connectivity index (χ1v) is 17.0. The van der Waals surface area contributed by atoms with Gasteiger partial charge in [0.2, 0.25) is 17.7 Å². The Morgan fingerprint density at radius 2 is 1.71 bits per heavy atom. The molecule has 1 aliphatic rings. The fourth-order valence-electron chi connectivity index (χ4n) is 4.68. The molecule has 7 N–H and O–H groups in total. The van der Waals surface area contributed by atoms with Crippen molar-refractivity contribution >= 4 is 53.6 Å². The van der Waals surface area contributed by atoms with Crippen LogP contribution in [0.25, 0.3) is 5.32 Å². The maximum absolute atomic E-state index is 13.6. The monoisotopic (exact) mass is 653 g/mol. The van der Waals surface area contributed by atoms with E-state index in [0.717, 1.165) is 32.1 Å². The van der Waals surface area contributed by atoms with Gasteiger partial charge in [-0.25, -0.2) is 0 Å². The number of nitrogens with zero attached hydrogens (tertiary/aromatic N) is 3. The Balaban J connectivity index is 2.19. The van der Waals surface area contributed by atoms with E-state index >= 15 is 0 Å². The zero-order valence-corrected chi connectivity index (χ0v) is 26.5. The minimum atomic E-state index is -0.975. The Hall–Kier alpha value is -2.79. The second-order valence-corrected chi connectivity index (χ2v) is 13.2. The van der Waals surface area contributed by atoms with E-state index in [4.69, 9.17) is 11.5 Å². The van der Waals surface area contributed by atoms with Crippen LogP contribution < -0.4 is 27.4 Å². The highest BCUT2D eigenvalue weighted by Gasteiger charge is 2.30. The number of hydrogen-bond donors (Lipinski definition) is 5. The second-order valence-electron chi connectivity index (χ2n) is 10.4. The molecular formula is C27H43BrN8O4P-. The lowest BCUT2D eigenvalue weighted by Gasteiger charge is -2.28. The number of aromatic nitrogens is 1. The molecule has 0 aromatic carbocycles. The molecule has 41 heavy (non-hydrogen) atoms. The first-order valence-electron chi connectivity index (χ1n) is 14.0. The third-order valence-corrected chi connectivity index (χ3v) is 7.85. The fraction of sp³-hybridized carbons (Fsp3) is 0.630. The predicted octanol–water partition coefficient (Wildman–Crippen LogP) is 2.90. The van der Waals surface area contributed by atoms with E-state index in [2.05, 4.69) is 46.9 Å². The molecular weight excluding hydrogens is 611 g/mol. The van der Waals surface area contributed by atoms with Gasteiger partial charge in [-0.05, 0) is 73.5 Å². The summed E-state index contributed by atoms with van der Waals surface area (Å²) in [7, 11) is -0.592. The molecule has 3 atom stereocenters. The number of guanidine groups is 1. The average Bonchev–Trinajstić information content (AvgIpc) is 2.92. The Morgan fingerprint density at radius 3 is 2.32 bits per heavy atom. The van der Waals surface area contributed by atoms with Crippen LogP contribution in [0.4, 0.5) is 0 Å². The molecule has 228 valence electrons. The summed E-state index contributed by atoms with van der Waals surface area (Å²) in [6.07, 6.45) is 9.67. The van der Waals surface area contributed by atoms with Crippen molar-refractivity contribution in [3.63, 3.8) is 0 Å². The van der Waals surface area contributed by atoms with Gasteiger partial charge in [-0.15, -0.1) is 0 Å². The zero-order valence-electron chi connectivity index (χ0n) is 24.1. The molecule has 1 saturated carbocycles. The molecule has 3 unspecified atom stereocenters. The molecule has 1 aliphatic carbocycles. The predicted molar refractivity (Wildman–Crippen MR) is 166 cm³/mol. The second kappa shape index (κ2) is 17.9. The van der Waals surface area contributed by atoms with E-state index in [0.29, 0.717) is 35.8 Å². The van der Waals surface area contributed by atoms with E-state index in [1.165, 1.54) is 6.20 Å². The highest BCUT2D eigenvalue weighted by molar-refractivity contribution is 9.10. The SMILES string of the molecule is CCC(NC(=O)C(CCC[N-]/C(N)=N\P(C)C)NC(=O)C(CC1CCCCC1)NC(=O)c1cncc(Br)c1)C(N)=O. The standard InChI is InChI=1S/C27H44BrN8O4P/c1-4-20(23(29)37)33-25(39)21(11-8-12-32-27(30)36-41(2)3)34-26(40)22(13-17-9-6-5-7-10-17)35-24(38)18-14-19(28)16-31-15-18/h14-17,20-22H,4-13H2,1-3H3,(H8,29,30,32,33,34,35,36,37,38,39,40)/p-1. The van der Waals surface area contributed by atoms with Gasteiger partial charge in [0.15, 0.2) is 0 Å². The summed E-state index contributed by atoms with van der Waals surface area (Å²) >= 11 is 3.32. The lowest BCUT2D eigenvalue weighted by atomic mass is 9.84. The van der Waals surface area contributed by atoms with E-state index < -0.39 is 49.8 Å². The van der Waals surface area contributed by atoms with Crippen molar-refractivity contribution in [1.29, 1.82) is 0 Å². The number of nitrogens with two attached hydrogens (primary N) is 2. The quantitative estimate of drug-likeness (QED) is 0.0835. The van der Waals surface area contributed by atoms with Crippen molar-refractivity contribution in [2.24, 2.45) is 22.1 Å². The molecule has 1 heterocycles. The van der Waals surface area contributed by atoms with Crippen LogP contribution in [0.5, 0.6) is 0 Å². The number of primary amides is 1. The number of hydrogen-bond acceptors (Lipinski definition) is 6. The molecule has 1 aromatic rings. The number of rotatable bonds is 15. The van der Waals surface area contributed by atoms with Crippen LogP contribution in [-0.4, -0.2) is 72.6 Å². The van der Waals surface area contributed by atoms with Crippen LogP contribution in [0.2, 0.25) is 0 Å². The van der Waals surface area contributed by atoms with Crippen molar-refractivity contribution in [3.05, 3.63) is 33.8 Å². The van der Waals surface area contributed by atoms with Crippen molar-refractivity contribution in [3.8, 4) is 0 Å². The first-order chi connectivity index (χ1) is 19.5. The number of nitrogens with one attached hydrogen (secondary N) is 3. The maximum Gasteiger partial charge on any atom is 0.253 e. The lowest BCUT2D eigenvalue weighted by molar-refractivity contribution is -0.132. The fourth-order valence-corrected chi connectivity index (χ4v) is 5.52. The zero-order chi connectivity index (χ0) is 30.4. The van der Waals surface area contributed by atoms with Crippen molar-refractivity contribution in [1.82, 2.24) is 20.9 Å². The highest BCUT2D eigenvalue weighted by Crippen LogP contribution is 2.28. The Morgan fingerprint density at radius 1 is 1.05 bits per heavy atom. The molecule has 14 heteroatoms. The molecule has 0 aliphatic heterocycles. The van der Waals surface area contributed by atoms with Crippen LogP contribution in [0.3, 0.4) is 0 Å². The van der Waals surface area contributed by atoms with E-state index in [1.54, 1.807) is 19.2 Å². The van der Waals surface area contributed by atoms with Crippen molar-refractivity contribution in [2.75, 3.05) is 19.9 Å². The summed E-state index contributed by atoms with van der Waals surface area (Å²) in [6.45, 7) is 5.94. The van der Waals surface area contributed by atoms with Gasteiger partial charge in [-0.2, -0.15) is 0 Å². The van der Waals surface area contributed by atoms with Crippen LogP contribution in [0, 0.1) is 5.92 Å². The summed E-state index contributed by atoms with van der Waals surface area (Å²) < 4.78 is 4.87. The van der Waals surface area contributed by atoms with Crippen molar-refractivity contribution in [2.45, 2.75) is 82.8 Å². The number of carbonyl (C=O) groups is 4. The van der Waals surface area contributed by atoms with E-state index in [1.807, 2.05) is 13.3 Å². The average molecular weight is 655 g/mol. The largest absolute Gasteiger partial charge is 0.454 e. The first kappa shape index (κ1) is 34.4. The molecule has 1 aromatic heterocycles. The molecule has 0 saturated heterocycles. The van der Waals surface area contributed by atoms with Gasteiger partial charge in [0.25, 0.3) is 5.91 Å².